The lowest BCUT2D eigenvalue weighted by atomic mass is 10.1. The molecule has 3 N–H and O–H groups in total. The first-order chi connectivity index (χ1) is 12.9. The van der Waals surface area contributed by atoms with Crippen molar-refractivity contribution in [3.63, 3.8) is 0 Å². The predicted molar refractivity (Wildman–Crippen MR) is 100 cm³/mol. The fourth-order valence-electron chi connectivity index (χ4n) is 2.61. The zero-order chi connectivity index (χ0) is 19.4. The molecule has 0 unspecified atom stereocenters. The highest BCUT2D eigenvalue weighted by atomic mass is 32.2. The van der Waals surface area contributed by atoms with E-state index in [1.807, 2.05) is 18.2 Å². The fraction of sp³-hybridized carbons (Fsp3) is 0.222. The molecule has 2 aromatic carbocycles. The number of aliphatic hydroxyl groups excluding tert-OH is 1. The molecule has 1 aliphatic rings. The summed E-state index contributed by atoms with van der Waals surface area (Å²) < 4.78 is 0. The van der Waals surface area contributed by atoms with Crippen molar-refractivity contribution in [2.24, 2.45) is 0 Å². The Morgan fingerprint density at radius 2 is 1.96 bits per heavy atom. The van der Waals surface area contributed by atoms with E-state index in [0.717, 1.165) is 10.6 Å². The molecule has 0 radical (unpaired) electrons. The van der Waals surface area contributed by atoms with Crippen molar-refractivity contribution in [2.75, 3.05) is 11.9 Å². The number of hydrogen-bond donors (Lipinski definition) is 3. The molecule has 0 saturated heterocycles. The van der Waals surface area contributed by atoms with E-state index in [0.29, 0.717) is 5.56 Å². The normalized spacial score (nSPS) is 16.8. The average Bonchev–Trinajstić information content (AvgIpc) is 2.66. The number of nitrogens with one attached hydrogen (secondary N) is 2. The number of anilines is 1. The minimum Gasteiger partial charge on any atom is -0.387 e. The summed E-state index contributed by atoms with van der Waals surface area (Å²) >= 11 is 1.33. The number of para-hydroxylation sites is 1. The maximum absolute atomic E-state index is 12.1. The molecule has 140 valence electrons. The minimum absolute atomic E-state index is 0.0161. The molecule has 0 aromatic heterocycles. The summed E-state index contributed by atoms with van der Waals surface area (Å²) in [5.74, 6) is -0.590. The molecule has 0 bridgehead atoms. The van der Waals surface area contributed by atoms with Gasteiger partial charge in [-0.25, -0.2) is 0 Å². The van der Waals surface area contributed by atoms with E-state index >= 15 is 0 Å². The molecule has 2 amide bonds. The van der Waals surface area contributed by atoms with Crippen LogP contribution in [0.3, 0.4) is 0 Å². The number of non-ortho nitro benzene ring substituents is 1. The lowest BCUT2D eigenvalue weighted by Gasteiger charge is -2.23. The van der Waals surface area contributed by atoms with Crippen LogP contribution < -0.4 is 10.6 Å². The summed E-state index contributed by atoms with van der Waals surface area (Å²) in [7, 11) is 0. The molecule has 9 heteroatoms. The van der Waals surface area contributed by atoms with Crippen LogP contribution >= 0.6 is 11.8 Å². The van der Waals surface area contributed by atoms with Crippen LogP contribution in [-0.2, 0) is 9.59 Å². The van der Waals surface area contributed by atoms with Crippen LogP contribution in [0.4, 0.5) is 11.4 Å². The molecule has 2 aromatic rings. The Hall–Kier alpha value is -2.91. The van der Waals surface area contributed by atoms with Gasteiger partial charge in [0.25, 0.3) is 5.69 Å². The second-order valence-corrected chi connectivity index (χ2v) is 7.21. The van der Waals surface area contributed by atoms with Crippen LogP contribution in [0.25, 0.3) is 0 Å². The predicted octanol–water partition coefficient (Wildman–Crippen LogP) is 2.25. The molecular formula is C18H17N3O5S. The lowest BCUT2D eigenvalue weighted by molar-refractivity contribution is -0.384. The second-order valence-electron chi connectivity index (χ2n) is 5.96. The monoisotopic (exact) mass is 387 g/mol. The van der Waals surface area contributed by atoms with Gasteiger partial charge in [0.15, 0.2) is 0 Å². The minimum atomic E-state index is -0.997. The van der Waals surface area contributed by atoms with Gasteiger partial charge < -0.3 is 15.7 Å². The van der Waals surface area contributed by atoms with E-state index in [4.69, 9.17) is 0 Å². The Kier molecular flexibility index (Phi) is 5.72. The van der Waals surface area contributed by atoms with Crippen LogP contribution in [0.1, 0.15) is 18.1 Å². The van der Waals surface area contributed by atoms with Gasteiger partial charge in [0.05, 0.1) is 22.0 Å². The summed E-state index contributed by atoms with van der Waals surface area (Å²) in [5, 5.41) is 25.6. The zero-order valence-electron chi connectivity index (χ0n) is 14.1. The van der Waals surface area contributed by atoms with Gasteiger partial charge in [-0.2, -0.15) is 0 Å². The van der Waals surface area contributed by atoms with Gasteiger partial charge in [-0.1, -0.05) is 12.1 Å². The van der Waals surface area contributed by atoms with Gasteiger partial charge in [0.2, 0.25) is 11.8 Å². The van der Waals surface area contributed by atoms with Crippen molar-refractivity contribution >= 4 is 35.0 Å². The van der Waals surface area contributed by atoms with E-state index in [2.05, 4.69) is 10.6 Å². The Balaban J connectivity index is 1.52. The maximum atomic E-state index is 12.1. The number of carbonyl (C=O) groups is 2. The Morgan fingerprint density at radius 3 is 2.67 bits per heavy atom. The molecule has 2 atom stereocenters. The van der Waals surface area contributed by atoms with Gasteiger partial charge in [-0.3, -0.25) is 19.7 Å². The molecule has 0 aliphatic carbocycles. The average molecular weight is 387 g/mol. The highest BCUT2D eigenvalue weighted by Crippen LogP contribution is 2.36. The van der Waals surface area contributed by atoms with Crippen molar-refractivity contribution in [1.82, 2.24) is 5.32 Å². The lowest BCUT2D eigenvalue weighted by Crippen LogP contribution is -2.36. The molecular weight excluding hydrogens is 370 g/mol. The Bertz CT molecular complexity index is 872. The van der Waals surface area contributed by atoms with Crippen molar-refractivity contribution in [1.29, 1.82) is 0 Å². The molecule has 0 fully saturated rings. The smallest absolute Gasteiger partial charge is 0.269 e. The number of amides is 2. The number of fused-ring (bicyclic) bond motifs is 1. The van der Waals surface area contributed by atoms with Gasteiger partial charge >= 0.3 is 0 Å². The van der Waals surface area contributed by atoms with Crippen LogP contribution in [0.5, 0.6) is 0 Å². The van der Waals surface area contributed by atoms with Gasteiger partial charge in [0, 0.05) is 30.0 Å². The number of carbonyl (C=O) groups excluding carboxylic acids is 2. The van der Waals surface area contributed by atoms with Crippen molar-refractivity contribution < 1.29 is 19.6 Å². The Labute approximate surface area is 159 Å². The van der Waals surface area contributed by atoms with Crippen LogP contribution in [-0.4, -0.2) is 33.6 Å². The van der Waals surface area contributed by atoms with Crippen LogP contribution in [0, 0.1) is 10.1 Å². The van der Waals surface area contributed by atoms with E-state index in [1.54, 1.807) is 6.07 Å². The largest absolute Gasteiger partial charge is 0.387 e. The molecule has 1 aliphatic heterocycles. The number of hydrogen-bond acceptors (Lipinski definition) is 6. The molecule has 3 rings (SSSR count). The molecule has 27 heavy (non-hydrogen) atoms. The zero-order valence-corrected chi connectivity index (χ0v) is 14.9. The first-order valence-electron chi connectivity index (χ1n) is 8.19. The topological polar surface area (TPSA) is 122 Å². The fourth-order valence-corrected chi connectivity index (χ4v) is 3.72. The number of aliphatic hydroxyl groups is 1. The highest BCUT2D eigenvalue weighted by molar-refractivity contribution is 8.01. The maximum Gasteiger partial charge on any atom is 0.269 e. The van der Waals surface area contributed by atoms with E-state index in [-0.39, 0.29) is 30.5 Å². The summed E-state index contributed by atoms with van der Waals surface area (Å²) in [6, 6.07) is 12.8. The third kappa shape index (κ3) is 4.63. The summed E-state index contributed by atoms with van der Waals surface area (Å²) in [4.78, 5) is 35.3. The number of thioether (sulfide) groups is 1. The van der Waals surface area contributed by atoms with Crippen molar-refractivity contribution in [3.05, 3.63) is 64.2 Å². The molecule has 8 nitrogen and oxygen atoms in total. The highest BCUT2D eigenvalue weighted by Gasteiger charge is 2.28. The van der Waals surface area contributed by atoms with Crippen LogP contribution in [0.2, 0.25) is 0 Å². The van der Waals surface area contributed by atoms with Crippen molar-refractivity contribution in [3.8, 4) is 0 Å². The van der Waals surface area contributed by atoms with Gasteiger partial charge in [-0.05, 0) is 29.8 Å². The SMILES string of the molecule is O=C(C[C@H]1Sc2ccccc2NC1=O)NC[C@@H](O)c1ccc([N+](=O)[O-])cc1. The van der Waals surface area contributed by atoms with Crippen LogP contribution in [0.15, 0.2) is 53.4 Å². The first kappa shape index (κ1) is 18.9. The molecule has 1 heterocycles. The Morgan fingerprint density at radius 1 is 1.26 bits per heavy atom. The van der Waals surface area contributed by atoms with Gasteiger partial charge in [-0.15, -0.1) is 11.8 Å². The summed E-state index contributed by atoms with van der Waals surface area (Å²) in [5.41, 5.74) is 1.12. The van der Waals surface area contributed by atoms with E-state index < -0.39 is 16.3 Å². The molecule has 0 saturated carbocycles. The molecule has 0 spiro atoms. The third-order valence-electron chi connectivity index (χ3n) is 4.06. The van der Waals surface area contributed by atoms with E-state index in [9.17, 15) is 24.8 Å². The summed E-state index contributed by atoms with van der Waals surface area (Å²) in [6.45, 7) is -0.0494. The first-order valence-corrected chi connectivity index (χ1v) is 9.07. The number of rotatable bonds is 6. The summed E-state index contributed by atoms with van der Waals surface area (Å²) in [6.07, 6.45) is -1.01. The third-order valence-corrected chi connectivity index (χ3v) is 5.33. The number of benzene rings is 2. The number of nitro benzene ring substituents is 1. The number of nitro groups is 1. The quantitative estimate of drug-likeness (QED) is 0.516. The van der Waals surface area contributed by atoms with E-state index in [1.165, 1.54) is 36.0 Å². The second kappa shape index (κ2) is 8.19. The van der Waals surface area contributed by atoms with Crippen molar-refractivity contribution in [2.45, 2.75) is 22.7 Å². The standard InChI is InChI=1S/C18H17N3O5S/c22-14(11-5-7-12(8-6-11)21(25)26)10-19-17(23)9-16-18(24)20-13-3-1-2-4-15(13)27-16/h1-8,14,16,22H,9-10H2,(H,19,23)(H,20,24)/t14-,16-/m1/s1. The van der Waals surface area contributed by atoms with Gasteiger partial charge in [0.1, 0.15) is 0 Å². The number of nitrogens with zero attached hydrogens (tertiary/aromatic N) is 1.